The fourth-order valence-corrected chi connectivity index (χ4v) is 2.26. The number of carbonyl (C=O) groups is 1. The maximum Gasteiger partial charge on any atom is 0.265 e. The van der Waals surface area contributed by atoms with Crippen LogP contribution in [0.25, 0.3) is 0 Å². The first-order valence-corrected chi connectivity index (χ1v) is 7.68. The van der Waals surface area contributed by atoms with E-state index in [1.54, 1.807) is 0 Å². The molecule has 0 radical (unpaired) electrons. The second kappa shape index (κ2) is 7.27. The van der Waals surface area contributed by atoms with Gasteiger partial charge in [-0.2, -0.15) is 0 Å². The Labute approximate surface area is 133 Å². The maximum absolute atomic E-state index is 12.3. The summed E-state index contributed by atoms with van der Waals surface area (Å²) in [7, 11) is 0. The van der Waals surface area contributed by atoms with Gasteiger partial charge in [-0.25, -0.2) is 0 Å². The van der Waals surface area contributed by atoms with E-state index in [1.807, 2.05) is 62.4 Å². The first kappa shape index (κ1) is 15.6. The smallest absolute Gasteiger partial charge is 0.265 e. The van der Waals surface area contributed by atoms with E-state index in [2.05, 4.69) is 21.2 Å². The van der Waals surface area contributed by atoms with Gasteiger partial charge in [-0.05, 0) is 53.5 Å². The lowest BCUT2D eigenvalue weighted by atomic mass is 10.2. The fourth-order valence-electron chi connectivity index (χ4n) is 1.88. The monoisotopic (exact) mass is 347 g/mol. The van der Waals surface area contributed by atoms with Gasteiger partial charge in [-0.1, -0.05) is 36.8 Å². The third kappa shape index (κ3) is 4.33. The van der Waals surface area contributed by atoms with Crippen molar-refractivity contribution >= 4 is 27.5 Å². The van der Waals surface area contributed by atoms with Crippen LogP contribution in [0.4, 0.5) is 5.69 Å². The number of carbonyl (C=O) groups excluding carboxylic acids is 1. The quantitative estimate of drug-likeness (QED) is 0.861. The van der Waals surface area contributed by atoms with Crippen LogP contribution < -0.4 is 10.1 Å². The van der Waals surface area contributed by atoms with E-state index >= 15 is 0 Å². The van der Waals surface area contributed by atoms with E-state index in [1.165, 1.54) is 0 Å². The summed E-state index contributed by atoms with van der Waals surface area (Å²) in [6.07, 6.45) is 0.0873. The summed E-state index contributed by atoms with van der Waals surface area (Å²) in [4.78, 5) is 12.3. The van der Waals surface area contributed by atoms with Crippen molar-refractivity contribution in [1.82, 2.24) is 0 Å². The first-order chi connectivity index (χ1) is 10.1. The van der Waals surface area contributed by atoms with Crippen molar-refractivity contribution in [1.29, 1.82) is 0 Å². The zero-order chi connectivity index (χ0) is 15.2. The van der Waals surface area contributed by atoms with Gasteiger partial charge in [0.1, 0.15) is 5.75 Å². The predicted molar refractivity (Wildman–Crippen MR) is 88.7 cm³/mol. The number of benzene rings is 2. The van der Waals surface area contributed by atoms with Crippen LogP contribution in [0.15, 0.2) is 53.0 Å². The molecule has 0 aliphatic rings. The number of hydrogen-bond donors (Lipinski definition) is 1. The molecule has 1 atom stereocenters. The second-order valence-corrected chi connectivity index (χ2v) is 5.65. The van der Waals surface area contributed by atoms with Crippen LogP contribution in [-0.4, -0.2) is 12.0 Å². The number of rotatable bonds is 5. The molecule has 1 N–H and O–H groups in total. The summed E-state index contributed by atoms with van der Waals surface area (Å²) < 4.78 is 6.62. The van der Waals surface area contributed by atoms with Crippen LogP contribution in [-0.2, 0) is 4.79 Å². The predicted octanol–water partition coefficient (Wildman–Crippen LogP) is 4.55. The zero-order valence-electron chi connectivity index (χ0n) is 12.1. The molecule has 0 aromatic heterocycles. The van der Waals surface area contributed by atoms with Gasteiger partial charge < -0.3 is 10.1 Å². The van der Waals surface area contributed by atoms with Crippen molar-refractivity contribution < 1.29 is 9.53 Å². The SMILES string of the molecule is CCC(Oc1ccc(C)cc1)C(=O)Nc1ccccc1Br. The fraction of sp³-hybridized carbons (Fsp3) is 0.235. The van der Waals surface area contributed by atoms with Crippen LogP contribution in [0, 0.1) is 6.92 Å². The van der Waals surface area contributed by atoms with Gasteiger partial charge in [0.25, 0.3) is 5.91 Å². The number of halogens is 1. The summed E-state index contributed by atoms with van der Waals surface area (Å²) in [5.41, 5.74) is 1.90. The Hall–Kier alpha value is -1.81. The van der Waals surface area contributed by atoms with E-state index in [0.29, 0.717) is 12.2 Å². The summed E-state index contributed by atoms with van der Waals surface area (Å²) >= 11 is 3.42. The largest absolute Gasteiger partial charge is 0.481 e. The van der Waals surface area contributed by atoms with E-state index in [-0.39, 0.29) is 5.91 Å². The molecule has 3 nitrogen and oxygen atoms in total. The molecule has 21 heavy (non-hydrogen) atoms. The molecule has 0 saturated carbocycles. The van der Waals surface area contributed by atoms with E-state index in [9.17, 15) is 4.79 Å². The molecule has 0 aliphatic carbocycles. The number of amides is 1. The van der Waals surface area contributed by atoms with Crippen LogP contribution in [0.3, 0.4) is 0 Å². The lowest BCUT2D eigenvalue weighted by Crippen LogP contribution is -2.32. The Morgan fingerprint density at radius 3 is 2.48 bits per heavy atom. The Morgan fingerprint density at radius 2 is 1.86 bits per heavy atom. The third-order valence-electron chi connectivity index (χ3n) is 3.09. The summed E-state index contributed by atoms with van der Waals surface area (Å²) in [6.45, 7) is 3.94. The van der Waals surface area contributed by atoms with Crippen molar-refractivity contribution in [2.75, 3.05) is 5.32 Å². The number of nitrogens with one attached hydrogen (secondary N) is 1. The zero-order valence-corrected chi connectivity index (χ0v) is 13.7. The highest BCUT2D eigenvalue weighted by Gasteiger charge is 2.19. The average Bonchev–Trinajstić information content (AvgIpc) is 2.49. The minimum Gasteiger partial charge on any atom is -0.481 e. The highest BCUT2D eigenvalue weighted by Crippen LogP contribution is 2.22. The molecule has 0 spiro atoms. The number of anilines is 1. The maximum atomic E-state index is 12.3. The van der Waals surface area contributed by atoms with Crippen LogP contribution in [0.5, 0.6) is 5.75 Å². The molecule has 1 unspecified atom stereocenters. The second-order valence-electron chi connectivity index (χ2n) is 4.80. The lowest BCUT2D eigenvalue weighted by Gasteiger charge is -2.18. The van der Waals surface area contributed by atoms with E-state index < -0.39 is 6.10 Å². The molecule has 2 aromatic carbocycles. The summed E-state index contributed by atoms with van der Waals surface area (Å²) in [6, 6.07) is 15.2. The Kier molecular flexibility index (Phi) is 5.39. The lowest BCUT2D eigenvalue weighted by molar-refractivity contribution is -0.122. The highest BCUT2D eigenvalue weighted by molar-refractivity contribution is 9.10. The van der Waals surface area contributed by atoms with Crippen LogP contribution in [0.1, 0.15) is 18.9 Å². The van der Waals surface area contributed by atoms with Crippen molar-refractivity contribution in [3.05, 3.63) is 58.6 Å². The molecule has 0 heterocycles. The number of hydrogen-bond acceptors (Lipinski definition) is 2. The molecular formula is C17H18BrNO2. The molecule has 2 rings (SSSR count). The third-order valence-corrected chi connectivity index (χ3v) is 3.79. The van der Waals surface area contributed by atoms with Crippen LogP contribution >= 0.6 is 15.9 Å². The number of para-hydroxylation sites is 1. The molecular weight excluding hydrogens is 330 g/mol. The van der Waals surface area contributed by atoms with Gasteiger partial charge in [0.05, 0.1) is 5.69 Å². The first-order valence-electron chi connectivity index (χ1n) is 6.89. The molecule has 0 aliphatic heterocycles. The average molecular weight is 348 g/mol. The van der Waals surface area contributed by atoms with E-state index in [0.717, 1.165) is 15.7 Å². The van der Waals surface area contributed by atoms with Gasteiger partial charge in [0, 0.05) is 4.47 Å². The highest BCUT2D eigenvalue weighted by atomic mass is 79.9. The molecule has 110 valence electrons. The standard InChI is InChI=1S/C17H18BrNO2/c1-3-16(21-13-10-8-12(2)9-11-13)17(20)19-15-7-5-4-6-14(15)18/h4-11,16H,3H2,1-2H3,(H,19,20). The normalized spacial score (nSPS) is 11.8. The number of aryl methyl sites for hydroxylation is 1. The Balaban J connectivity index is 2.05. The Bertz CT molecular complexity index is 610. The van der Waals surface area contributed by atoms with E-state index in [4.69, 9.17) is 4.74 Å². The molecule has 0 bridgehead atoms. The van der Waals surface area contributed by atoms with Gasteiger partial charge in [-0.15, -0.1) is 0 Å². The molecule has 0 saturated heterocycles. The molecule has 0 fully saturated rings. The van der Waals surface area contributed by atoms with Gasteiger partial charge >= 0.3 is 0 Å². The molecule has 4 heteroatoms. The molecule has 1 amide bonds. The minimum absolute atomic E-state index is 0.148. The summed E-state index contributed by atoms with van der Waals surface area (Å²) in [5.74, 6) is 0.555. The molecule has 2 aromatic rings. The minimum atomic E-state index is -0.514. The van der Waals surface area contributed by atoms with Gasteiger partial charge in [-0.3, -0.25) is 4.79 Å². The van der Waals surface area contributed by atoms with Crippen molar-refractivity contribution in [2.24, 2.45) is 0 Å². The van der Waals surface area contributed by atoms with Crippen LogP contribution in [0.2, 0.25) is 0 Å². The van der Waals surface area contributed by atoms with Crippen molar-refractivity contribution in [3.8, 4) is 5.75 Å². The van der Waals surface area contributed by atoms with Crippen molar-refractivity contribution in [3.63, 3.8) is 0 Å². The van der Waals surface area contributed by atoms with Crippen molar-refractivity contribution in [2.45, 2.75) is 26.4 Å². The van der Waals surface area contributed by atoms with Gasteiger partial charge in [0.15, 0.2) is 6.10 Å². The number of ether oxygens (including phenoxy) is 1. The van der Waals surface area contributed by atoms with Gasteiger partial charge in [0.2, 0.25) is 0 Å². The summed E-state index contributed by atoms with van der Waals surface area (Å²) in [5, 5.41) is 2.88. The topological polar surface area (TPSA) is 38.3 Å². The Morgan fingerprint density at radius 1 is 1.19 bits per heavy atom.